The Morgan fingerprint density at radius 2 is 1.51 bits per heavy atom. The molecule has 3 aromatic rings. The van der Waals surface area contributed by atoms with Crippen molar-refractivity contribution in [2.45, 2.75) is 115 Å². The van der Waals surface area contributed by atoms with E-state index in [4.69, 9.17) is 28.4 Å². The molecule has 0 aromatic heterocycles. The number of aliphatic hydroxyl groups excluding tert-OH is 2. The molecule has 16 heteroatoms. The summed E-state index contributed by atoms with van der Waals surface area (Å²) in [6, 6.07) is 25.4. The smallest absolute Gasteiger partial charge is 0.407 e. The van der Waals surface area contributed by atoms with E-state index in [9.17, 15) is 39.3 Å². The number of alkyl carbamates (subject to hydrolysis) is 1. The first-order valence-corrected chi connectivity index (χ1v) is 21.6. The van der Waals surface area contributed by atoms with Crippen LogP contribution in [-0.4, -0.2) is 112 Å². The summed E-state index contributed by atoms with van der Waals surface area (Å²) in [7, 11) is 0. The molecule has 2 saturated carbocycles. The van der Waals surface area contributed by atoms with Gasteiger partial charge in [-0.05, 0) is 48.3 Å². The van der Waals surface area contributed by atoms with E-state index in [0.717, 1.165) is 6.92 Å². The van der Waals surface area contributed by atoms with Gasteiger partial charge in [-0.3, -0.25) is 14.4 Å². The number of esters is 4. The molecule has 4 aliphatic rings. The van der Waals surface area contributed by atoms with Crippen LogP contribution in [0.5, 0.6) is 0 Å². The number of hydrogen-bond acceptors (Lipinski definition) is 15. The van der Waals surface area contributed by atoms with Crippen molar-refractivity contribution >= 4 is 35.8 Å². The van der Waals surface area contributed by atoms with Gasteiger partial charge < -0.3 is 49.1 Å². The summed E-state index contributed by atoms with van der Waals surface area (Å²) in [6.07, 6.45) is -11.1. The molecule has 0 spiro atoms. The Hall–Kier alpha value is -5.94. The van der Waals surface area contributed by atoms with E-state index in [1.807, 2.05) is 6.07 Å². The van der Waals surface area contributed by atoms with Gasteiger partial charge in [0.25, 0.3) is 0 Å². The monoisotopic (exact) mass is 897 g/mol. The third-order valence-electron chi connectivity index (χ3n) is 14.0. The topological polar surface area (TPSA) is 231 Å². The van der Waals surface area contributed by atoms with Crippen LogP contribution in [0.25, 0.3) is 0 Å². The second-order valence-corrected chi connectivity index (χ2v) is 18.1. The Labute approximate surface area is 376 Å². The number of ketones is 1. The van der Waals surface area contributed by atoms with Crippen molar-refractivity contribution in [3.05, 3.63) is 119 Å². The Bertz CT molecular complexity index is 2340. The predicted molar refractivity (Wildman–Crippen MR) is 228 cm³/mol. The van der Waals surface area contributed by atoms with Gasteiger partial charge in [0.15, 0.2) is 11.4 Å². The number of hydrogen-bond donors (Lipinski definition) is 4. The lowest BCUT2D eigenvalue weighted by Gasteiger charge is -2.67. The molecule has 3 aliphatic carbocycles. The summed E-state index contributed by atoms with van der Waals surface area (Å²) < 4.78 is 35.4. The van der Waals surface area contributed by atoms with Crippen molar-refractivity contribution in [1.29, 1.82) is 0 Å². The SMILES string of the molecule is CC(=O)O[C@@]12CO[C@@H]1C[C@H](O)[C@@]1(C)C(=O)[C@H](O)C3=C(C)[C@@H](OC(=O)[C@H](OC(=O)CNC(=O)OCc4ccccc4)[C@@H](C)c4ccccc4)C[C@](O)(C(OC(=O)c4ccccc4)[C@H]21)C3(C)C. The fraction of sp³-hybridized carbons (Fsp3) is 0.469. The van der Waals surface area contributed by atoms with Crippen LogP contribution in [0.4, 0.5) is 4.79 Å². The average molecular weight is 898 g/mol. The van der Waals surface area contributed by atoms with E-state index < -0.39 is 119 Å². The molecular formula is C49H55NO15. The molecule has 1 unspecified atom stereocenters. The zero-order valence-corrected chi connectivity index (χ0v) is 37.1. The van der Waals surface area contributed by atoms with Crippen molar-refractivity contribution in [1.82, 2.24) is 5.32 Å². The summed E-state index contributed by atoms with van der Waals surface area (Å²) >= 11 is 0. The van der Waals surface area contributed by atoms with Gasteiger partial charge in [-0.25, -0.2) is 14.4 Å². The number of nitrogens with one attached hydrogen (secondary N) is 1. The minimum absolute atomic E-state index is 0.0573. The lowest BCUT2D eigenvalue weighted by molar-refractivity contribution is -0.346. The van der Waals surface area contributed by atoms with Gasteiger partial charge in [0, 0.05) is 31.1 Å². The third kappa shape index (κ3) is 8.44. The molecular weight excluding hydrogens is 843 g/mol. The standard InChI is InChI=1S/C49H55NO15/c1-27(31-18-12-8-13-19-31)39(63-36(53)24-50-45(58)60-25-30-16-10-7-11-17-30)44(57)62-33-23-49(59)42(64-43(56)32-20-14-9-15-21-32)40-47(6,41(55)38(54)37(28(33)2)46(49,4)5)34(52)22-35-48(40,26-61-35)65-29(3)51/h7-21,27,33-35,38-40,42,52,54,59H,22-26H2,1-6H3,(H,50,58)/t27-,33-,34-,35+,38+,39+,40-,42?,47+,48-,49-/m0/s1. The van der Waals surface area contributed by atoms with Crippen LogP contribution in [0.2, 0.25) is 0 Å². The second kappa shape index (κ2) is 18.1. The number of carbonyl (C=O) groups is 6. The number of Topliss-reactive ketones (excluding diaryl/α,β-unsaturated/α-hetero) is 1. The Balaban J connectivity index is 1.27. The minimum Gasteiger partial charge on any atom is -0.455 e. The molecule has 1 heterocycles. The molecule has 1 saturated heterocycles. The molecule has 3 fully saturated rings. The van der Waals surface area contributed by atoms with Gasteiger partial charge in [0.1, 0.15) is 43.2 Å². The van der Waals surface area contributed by atoms with Crippen LogP contribution in [0.3, 0.4) is 0 Å². The molecule has 4 N–H and O–H groups in total. The molecule has 16 nitrogen and oxygen atoms in total. The maximum atomic E-state index is 15.1. The Kier molecular flexibility index (Phi) is 13.1. The van der Waals surface area contributed by atoms with Crippen LogP contribution < -0.4 is 5.32 Å². The highest BCUT2D eigenvalue weighted by atomic mass is 16.6. The molecule has 11 atom stereocenters. The van der Waals surface area contributed by atoms with Gasteiger partial charge >= 0.3 is 30.0 Å². The maximum absolute atomic E-state index is 15.1. The van der Waals surface area contributed by atoms with Gasteiger partial charge in [-0.15, -0.1) is 0 Å². The van der Waals surface area contributed by atoms with E-state index in [1.54, 1.807) is 93.6 Å². The van der Waals surface area contributed by atoms with Gasteiger partial charge in [-0.2, -0.15) is 0 Å². The van der Waals surface area contributed by atoms with Crippen molar-refractivity contribution in [2.75, 3.05) is 13.2 Å². The van der Waals surface area contributed by atoms with Crippen LogP contribution in [0.1, 0.15) is 81.8 Å². The number of ether oxygens (including phenoxy) is 6. The molecule has 1 amide bonds. The first-order chi connectivity index (χ1) is 30.8. The first-order valence-electron chi connectivity index (χ1n) is 21.6. The number of fused-ring (bicyclic) bond motifs is 5. The average Bonchev–Trinajstić information content (AvgIpc) is 3.28. The molecule has 3 aromatic carbocycles. The maximum Gasteiger partial charge on any atom is 0.407 e. The minimum atomic E-state index is -2.36. The van der Waals surface area contributed by atoms with Crippen molar-refractivity contribution in [3.8, 4) is 0 Å². The highest BCUT2D eigenvalue weighted by molar-refractivity contribution is 5.94. The lowest BCUT2D eigenvalue weighted by atomic mass is 9.44. The highest BCUT2D eigenvalue weighted by Gasteiger charge is 2.78. The molecule has 0 radical (unpaired) electrons. The summed E-state index contributed by atoms with van der Waals surface area (Å²) in [5.41, 5.74) is -6.29. The number of carbonyl (C=O) groups excluding carboxylic acids is 6. The second-order valence-electron chi connectivity index (χ2n) is 18.1. The number of benzene rings is 3. The molecule has 346 valence electrons. The fourth-order valence-electron chi connectivity index (χ4n) is 10.4. The summed E-state index contributed by atoms with van der Waals surface area (Å²) in [5.74, 6) is -7.07. The lowest BCUT2D eigenvalue weighted by Crippen LogP contribution is -2.81. The molecule has 1 aliphatic heterocycles. The van der Waals surface area contributed by atoms with E-state index >= 15 is 4.79 Å². The van der Waals surface area contributed by atoms with E-state index in [2.05, 4.69) is 5.32 Å². The van der Waals surface area contributed by atoms with Crippen LogP contribution in [0, 0.1) is 16.7 Å². The number of amides is 1. The van der Waals surface area contributed by atoms with Crippen molar-refractivity contribution < 1.29 is 72.5 Å². The van der Waals surface area contributed by atoms with Gasteiger partial charge in [0.2, 0.25) is 6.10 Å². The summed E-state index contributed by atoms with van der Waals surface area (Å²) in [4.78, 5) is 82.7. The van der Waals surface area contributed by atoms with E-state index in [-0.39, 0.29) is 36.3 Å². The highest BCUT2D eigenvalue weighted by Crippen LogP contribution is 2.64. The normalized spacial score (nSPS) is 30.9. The Morgan fingerprint density at radius 1 is 0.892 bits per heavy atom. The predicted octanol–water partition coefficient (Wildman–Crippen LogP) is 4.27. The largest absolute Gasteiger partial charge is 0.455 e. The molecule has 2 bridgehead atoms. The summed E-state index contributed by atoms with van der Waals surface area (Å²) in [6.45, 7) is 7.78. The number of aliphatic hydroxyl groups is 3. The molecule has 7 rings (SSSR count). The fourth-order valence-corrected chi connectivity index (χ4v) is 10.4. The van der Waals surface area contributed by atoms with E-state index in [1.165, 1.54) is 26.0 Å². The van der Waals surface area contributed by atoms with Crippen molar-refractivity contribution in [3.63, 3.8) is 0 Å². The van der Waals surface area contributed by atoms with Gasteiger partial charge in [0.05, 0.1) is 29.6 Å². The zero-order chi connectivity index (χ0) is 47.1. The zero-order valence-electron chi connectivity index (χ0n) is 37.1. The summed E-state index contributed by atoms with van der Waals surface area (Å²) in [5, 5.41) is 40.1. The number of rotatable bonds is 12. The van der Waals surface area contributed by atoms with Crippen molar-refractivity contribution in [2.24, 2.45) is 16.7 Å². The Morgan fingerprint density at radius 3 is 2.11 bits per heavy atom. The van der Waals surface area contributed by atoms with Crippen LogP contribution in [-0.2, 0) is 54.2 Å². The van der Waals surface area contributed by atoms with Crippen LogP contribution in [0.15, 0.2) is 102 Å². The first kappa shape index (κ1) is 47.0. The third-order valence-corrected chi connectivity index (χ3v) is 14.0. The van der Waals surface area contributed by atoms with E-state index in [0.29, 0.717) is 11.1 Å². The quantitative estimate of drug-likeness (QED) is 0.113. The molecule has 65 heavy (non-hydrogen) atoms. The van der Waals surface area contributed by atoms with Gasteiger partial charge in [-0.1, -0.05) is 99.6 Å². The van der Waals surface area contributed by atoms with Crippen LogP contribution >= 0.6 is 0 Å².